The van der Waals surface area contributed by atoms with Crippen molar-refractivity contribution in [2.45, 2.75) is 46.7 Å². The summed E-state index contributed by atoms with van der Waals surface area (Å²) in [4.78, 5) is 28.0. The number of carbonyl (C=O) groups excluding carboxylic acids is 2. The first-order valence-corrected chi connectivity index (χ1v) is 7.39. The maximum absolute atomic E-state index is 12.4. The number of hydrogen-bond donors (Lipinski definition) is 0. The van der Waals surface area contributed by atoms with Gasteiger partial charge in [0.15, 0.2) is 0 Å². The third-order valence-corrected chi connectivity index (χ3v) is 3.95. The van der Waals surface area contributed by atoms with Crippen molar-refractivity contribution in [2.24, 2.45) is 11.8 Å². The average Bonchev–Trinajstić information content (AvgIpc) is 2.68. The summed E-state index contributed by atoms with van der Waals surface area (Å²) in [6.45, 7) is 11.9. The molecule has 116 valence electrons. The van der Waals surface area contributed by atoms with Gasteiger partial charge in [-0.25, -0.2) is 0 Å². The highest BCUT2D eigenvalue weighted by Gasteiger charge is 2.36. The van der Waals surface area contributed by atoms with Gasteiger partial charge in [-0.05, 0) is 33.6 Å². The molecule has 2 unspecified atom stereocenters. The van der Waals surface area contributed by atoms with Crippen molar-refractivity contribution < 1.29 is 14.3 Å². The van der Waals surface area contributed by atoms with Crippen LogP contribution in [0.1, 0.15) is 34.6 Å². The summed E-state index contributed by atoms with van der Waals surface area (Å²) in [7, 11) is 1.42. The average molecular weight is 284 g/mol. The number of rotatable bonds is 5. The van der Waals surface area contributed by atoms with Crippen molar-refractivity contribution in [2.75, 3.05) is 26.7 Å². The van der Waals surface area contributed by atoms with Crippen molar-refractivity contribution >= 4 is 11.9 Å². The van der Waals surface area contributed by atoms with Crippen molar-refractivity contribution in [3.8, 4) is 0 Å². The predicted molar refractivity (Wildman–Crippen MR) is 78.2 cm³/mol. The van der Waals surface area contributed by atoms with E-state index < -0.39 is 0 Å². The Labute approximate surface area is 122 Å². The maximum Gasteiger partial charge on any atom is 0.310 e. The number of esters is 1. The summed E-state index contributed by atoms with van der Waals surface area (Å²) in [5.41, 5.74) is 0. The maximum atomic E-state index is 12.4. The smallest absolute Gasteiger partial charge is 0.310 e. The van der Waals surface area contributed by atoms with Crippen LogP contribution in [0.4, 0.5) is 0 Å². The van der Waals surface area contributed by atoms with Crippen molar-refractivity contribution in [1.82, 2.24) is 9.80 Å². The van der Waals surface area contributed by atoms with Crippen LogP contribution >= 0.6 is 0 Å². The zero-order valence-corrected chi connectivity index (χ0v) is 13.5. The number of amides is 1. The largest absolute Gasteiger partial charge is 0.469 e. The summed E-state index contributed by atoms with van der Waals surface area (Å²) in [5.74, 6) is 0.0888. The first kappa shape index (κ1) is 17.0. The van der Waals surface area contributed by atoms with E-state index in [9.17, 15) is 9.59 Å². The van der Waals surface area contributed by atoms with Crippen LogP contribution in [-0.4, -0.2) is 60.5 Å². The van der Waals surface area contributed by atoms with E-state index in [0.29, 0.717) is 13.1 Å². The monoisotopic (exact) mass is 284 g/mol. The first-order chi connectivity index (χ1) is 9.27. The highest BCUT2D eigenvalue weighted by atomic mass is 16.5. The van der Waals surface area contributed by atoms with Crippen LogP contribution in [0.5, 0.6) is 0 Å². The minimum absolute atomic E-state index is 0.112. The molecule has 0 spiro atoms. The zero-order valence-electron chi connectivity index (χ0n) is 13.5. The highest BCUT2D eigenvalue weighted by molar-refractivity contribution is 5.79. The Morgan fingerprint density at radius 2 is 1.75 bits per heavy atom. The number of ether oxygens (including phenoxy) is 1. The molecule has 0 aromatic rings. The predicted octanol–water partition coefficient (Wildman–Crippen LogP) is 1.37. The van der Waals surface area contributed by atoms with E-state index in [-0.39, 0.29) is 35.8 Å². The minimum atomic E-state index is -0.169. The standard InChI is InChI=1S/C15H28N2O3/c1-10(2)17(11(3)4)14(18)9-16-7-12(5)13(8-16)15(19)20-6/h10-13H,7-9H2,1-6H3. The van der Waals surface area contributed by atoms with E-state index >= 15 is 0 Å². The van der Waals surface area contributed by atoms with Gasteiger partial charge >= 0.3 is 5.97 Å². The second-order valence-corrected chi connectivity index (χ2v) is 6.29. The summed E-state index contributed by atoms with van der Waals surface area (Å²) in [5, 5.41) is 0. The fraction of sp³-hybridized carbons (Fsp3) is 0.867. The number of carbonyl (C=O) groups is 2. The number of methoxy groups -OCH3 is 1. The topological polar surface area (TPSA) is 49.9 Å². The van der Waals surface area contributed by atoms with E-state index in [0.717, 1.165) is 6.54 Å². The van der Waals surface area contributed by atoms with Crippen LogP contribution in [0, 0.1) is 11.8 Å². The summed E-state index contributed by atoms with van der Waals surface area (Å²) < 4.78 is 4.82. The van der Waals surface area contributed by atoms with Crippen LogP contribution in [0.3, 0.4) is 0 Å². The third-order valence-electron chi connectivity index (χ3n) is 3.95. The fourth-order valence-corrected chi connectivity index (χ4v) is 3.10. The van der Waals surface area contributed by atoms with Crippen molar-refractivity contribution in [3.05, 3.63) is 0 Å². The van der Waals surface area contributed by atoms with Crippen molar-refractivity contribution in [1.29, 1.82) is 0 Å². The molecule has 1 aliphatic rings. The Hall–Kier alpha value is -1.10. The van der Waals surface area contributed by atoms with E-state index in [4.69, 9.17) is 4.74 Å². The molecule has 1 aliphatic heterocycles. The molecule has 5 heteroatoms. The molecule has 1 saturated heterocycles. The van der Waals surface area contributed by atoms with Crippen LogP contribution < -0.4 is 0 Å². The van der Waals surface area contributed by atoms with Crippen molar-refractivity contribution in [3.63, 3.8) is 0 Å². The van der Waals surface area contributed by atoms with Gasteiger partial charge in [0.2, 0.25) is 5.91 Å². The van der Waals surface area contributed by atoms with Gasteiger partial charge in [0, 0.05) is 25.2 Å². The number of nitrogens with zero attached hydrogens (tertiary/aromatic N) is 2. The lowest BCUT2D eigenvalue weighted by molar-refractivity contribution is -0.146. The minimum Gasteiger partial charge on any atom is -0.469 e. The molecule has 0 saturated carbocycles. The van der Waals surface area contributed by atoms with Crippen LogP contribution in [0.15, 0.2) is 0 Å². The lowest BCUT2D eigenvalue weighted by atomic mass is 9.99. The van der Waals surface area contributed by atoms with Crippen LogP contribution in [0.2, 0.25) is 0 Å². The Kier molecular flexibility index (Phi) is 5.99. The Bertz CT molecular complexity index is 347. The van der Waals surface area contributed by atoms with E-state index in [2.05, 4.69) is 4.90 Å². The molecule has 1 rings (SSSR count). The fourth-order valence-electron chi connectivity index (χ4n) is 3.10. The molecule has 1 fully saturated rings. The number of likely N-dealkylation sites (tertiary alicyclic amines) is 1. The van der Waals surface area contributed by atoms with E-state index in [1.807, 2.05) is 39.5 Å². The Morgan fingerprint density at radius 3 is 2.20 bits per heavy atom. The molecule has 20 heavy (non-hydrogen) atoms. The molecule has 0 aromatic carbocycles. The molecule has 0 N–H and O–H groups in total. The van der Waals surface area contributed by atoms with E-state index in [1.165, 1.54) is 7.11 Å². The first-order valence-electron chi connectivity index (χ1n) is 7.39. The van der Waals surface area contributed by atoms with Gasteiger partial charge in [-0.15, -0.1) is 0 Å². The zero-order chi connectivity index (χ0) is 15.4. The molecule has 0 radical (unpaired) electrons. The third kappa shape index (κ3) is 3.95. The normalized spacial score (nSPS) is 23.4. The lowest BCUT2D eigenvalue weighted by Crippen LogP contribution is -2.46. The highest BCUT2D eigenvalue weighted by Crippen LogP contribution is 2.24. The second kappa shape index (κ2) is 7.07. The molecule has 2 atom stereocenters. The molecule has 1 heterocycles. The summed E-state index contributed by atoms with van der Waals surface area (Å²) in [6.07, 6.45) is 0. The Balaban J connectivity index is 2.62. The second-order valence-electron chi connectivity index (χ2n) is 6.29. The van der Waals surface area contributed by atoms with Gasteiger partial charge in [0.25, 0.3) is 0 Å². The van der Waals surface area contributed by atoms with Gasteiger partial charge in [0.05, 0.1) is 19.6 Å². The molecule has 0 aliphatic carbocycles. The van der Waals surface area contributed by atoms with E-state index in [1.54, 1.807) is 0 Å². The molecule has 1 amide bonds. The van der Waals surface area contributed by atoms with Gasteiger partial charge in [0.1, 0.15) is 0 Å². The Morgan fingerprint density at radius 1 is 1.20 bits per heavy atom. The molecule has 0 bridgehead atoms. The molecular weight excluding hydrogens is 256 g/mol. The summed E-state index contributed by atoms with van der Waals surface area (Å²) >= 11 is 0. The quantitative estimate of drug-likeness (QED) is 0.716. The SMILES string of the molecule is COC(=O)C1CN(CC(=O)N(C(C)C)C(C)C)CC1C. The van der Waals surface area contributed by atoms with Crippen LogP contribution in [0.25, 0.3) is 0 Å². The van der Waals surface area contributed by atoms with Gasteiger partial charge in [-0.3, -0.25) is 14.5 Å². The summed E-state index contributed by atoms with van der Waals surface area (Å²) in [6, 6.07) is 0.387. The van der Waals surface area contributed by atoms with Gasteiger partial charge < -0.3 is 9.64 Å². The number of hydrogen-bond acceptors (Lipinski definition) is 4. The van der Waals surface area contributed by atoms with Gasteiger partial charge in [-0.1, -0.05) is 6.92 Å². The van der Waals surface area contributed by atoms with Gasteiger partial charge in [-0.2, -0.15) is 0 Å². The molecular formula is C15H28N2O3. The molecule has 0 aromatic heterocycles. The molecule has 5 nitrogen and oxygen atoms in total. The van der Waals surface area contributed by atoms with Crippen LogP contribution in [-0.2, 0) is 14.3 Å². The lowest BCUT2D eigenvalue weighted by Gasteiger charge is -2.32.